The number of benzene rings is 1. The summed E-state index contributed by atoms with van der Waals surface area (Å²) in [4.78, 5) is 11.7. The smallest absolute Gasteiger partial charge is 0.258 e. The lowest BCUT2D eigenvalue weighted by atomic mass is 10.1. The molecule has 0 saturated heterocycles. The van der Waals surface area contributed by atoms with E-state index in [2.05, 4.69) is 5.32 Å². The Kier molecular flexibility index (Phi) is 2.50. The van der Waals surface area contributed by atoms with E-state index in [1.807, 2.05) is 6.92 Å². The molecule has 0 radical (unpaired) electrons. The van der Waals surface area contributed by atoms with Crippen molar-refractivity contribution in [1.82, 2.24) is 5.32 Å². The minimum atomic E-state index is -0.672. The van der Waals surface area contributed by atoms with Crippen molar-refractivity contribution in [3.63, 3.8) is 0 Å². The summed E-state index contributed by atoms with van der Waals surface area (Å²) >= 11 is 0. The number of rotatable bonds is 2. The lowest BCUT2D eigenvalue weighted by molar-refractivity contribution is 0.0431. The monoisotopic (exact) mass is 221 g/mol. The molecule has 1 aliphatic heterocycles. The van der Waals surface area contributed by atoms with Crippen molar-refractivity contribution >= 4 is 5.91 Å². The maximum absolute atomic E-state index is 11.7. The van der Waals surface area contributed by atoms with E-state index >= 15 is 0 Å². The molecule has 0 bridgehead atoms. The summed E-state index contributed by atoms with van der Waals surface area (Å²) in [6.45, 7) is 6.12. The second-order valence-corrected chi connectivity index (χ2v) is 4.16. The molecule has 1 heterocycles. The molecule has 1 aromatic carbocycles. The van der Waals surface area contributed by atoms with Gasteiger partial charge < -0.3 is 14.8 Å². The molecule has 0 aromatic heterocycles. The molecule has 1 aliphatic rings. The summed E-state index contributed by atoms with van der Waals surface area (Å²) in [5, 5.41) is 2.76. The first-order valence-corrected chi connectivity index (χ1v) is 5.30. The van der Waals surface area contributed by atoms with E-state index in [0.717, 1.165) is 0 Å². The van der Waals surface area contributed by atoms with E-state index < -0.39 is 5.72 Å². The molecule has 0 aliphatic carbocycles. The van der Waals surface area contributed by atoms with Gasteiger partial charge in [0.1, 0.15) is 11.5 Å². The molecule has 0 atom stereocenters. The summed E-state index contributed by atoms with van der Waals surface area (Å²) in [7, 11) is 0. The van der Waals surface area contributed by atoms with Gasteiger partial charge in [-0.15, -0.1) is 0 Å². The zero-order chi connectivity index (χ0) is 11.8. The molecule has 1 amide bonds. The highest BCUT2D eigenvalue weighted by Gasteiger charge is 2.31. The van der Waals surface area contributed by atoms with Crippen molar-refractivity contribution in [2.45, 2.75) is 26.5 Å². The summed E-state index contributed by atoms with van der Waals surface area (Å²) in [5.74, 6) is 1.17. The third-order valence-electron chi connectivity index (χ3n) is 2.29. The zero-order valence-corrected chi connectivity index (χ0v) is 9.66. The van der Waals surface area contributed by atoms with Gasteiger partial charge in [-0.3, -0.25) is 4.79 Å². The van der Waals surface area contributed by atoms with Gasteiger partial charge in [0.05, 0.1) is 12.2 Å². The lowest BCUT2D eigenvalue weighted by Crippen LogP contribution is -2.51. The quantitative estimate of drug-likeness (QED) is 0.830. The molecule has 0 unspecified atom stereocenters. The molecule has 0 fully saturated rings. The van der Waals surface area contributed by atoms with E-state index in [1.165, 1.54) is 0 Å². The maximum atomic E-state index is 11.7. The Morgan fingerprint density at radius 3 is 2.88 bits per heavy atom. The Balaban J connectivity index is 2.38. The van der Waals surface area contributed by atoms with Gasteiger partial charge in [0.25, 0.3) is 5.91 Å². The van der Waals surface area contributed by atoms with Crippen LogP contribution in [0.25, 0.3) is 0 Å². The van der Waals surface area contributed by atoms with Crippen LogP contribution >= 0.6 is 0 Å². The molecule has 0 spiro atoms. The number of ether oxygens (including phenoxy) is 2. The molecule has 16 heavy (non-hydrogen) atoms. The predicted molar refractivity (Wildman–Crippen MR) is 59.8 cm³/mol. The van der Waals surface area contributed by atoms with Crippen LogP contribution in [0, 0.1) is 0 Å². The number of carbonyl (C=O) groups is 1. The number of nitrogens with one attached hydrogen (secondary N) is 1. The van der Waals surface area contributed by atoms with Crippen LogP contribution in [0.4, 0.5) is 0 Å². The summed E-state index contributed by atoms with van der Waals surface area (Å²) < 4.78 is 11.0. The molecule has 86 valence electrons. The highest BCUT2D eigenvalue weighted by Crippen LogP contribution is 2.30. The second kappa shape index (κ2) is 3.70. The van der Waals surface area contributed by atoms with Gasteiger partial charge in [-0.25, -0.2) is 0 Å². The van der Waals surface area contributed by atoms with Gasteiger partial charge >= 0.3 is 0 Å². The number of amides is 1. The SMILES string of the molecule is CCOc1ccc2c(c1)OC(C)(C)NC2=O. The van der Waals surface area contributed by atoms with E-state index in [4.69, 9.17) is 9.47 Å². The molecular formula is C12H15NO3. The van der Waals surface area contributed by atoms with Crippen LogP contribution in [-0.2, 0) is 0 Å². The molecule has 1 N–H and O–H groups in total. The fourth-order valence-corrected chi connectivity index (χ4v) is 1.67. The van der Waals surface area contributed by atoms with Gasteiger partial charge in [0.15, 0.2) is 5.72 Å². The summed E-state index contributed by atoms with van der Waals surface area (Å²) in [5.41, 5.74) is -0.127. The van der Waals surface area contributed by atoms with Crippen molar-refractivity contribution in [3.05, 3.63) is 23.8 Å². The Morgan fingerprint density at radius 2 is 2.19 bits per heavy atom. The minimum absolute atomic E-state index is 0.116. The highest BCUT2D eigenvalue weighted by atomic mass is 16.5. The maximum Gasteiger partial charge on any atom is 0.258 e. The second-order valence-electron chi connectivity index (χ2n) is 4.16. The molecule has 4 nitrogen and oxygen atoms in total. The first-order valence-electron chi connectivity index (χ1n) is 5.30. The van der Waals surface area contributed by atoms with Crippen LogP contribution < -0.4 is 14.8 Å². The molecule has 0 saturated carbocycles. The van der Waals surface area contributed by atoms with Gasteiger partial charge in [-0.1, -0.05) is 0 Å². The standard InChI is InChI=1S/C12H15NO3/c1-4-15-8-5-6-9-10(7-8)16-12(2,3)13-11(9)14/h5-7H,4H2,1-3H3,(H,13,14). The van der Waals surface area contributed by atoms with Gasteiger partial charge in [0, 0.05) is 6.07 Å². The number of hydrogen-bond acceptors (Lipinski definition) is 3. The zero-order valence-electron chi connectivity index (χ0n) is 9.66. The highest BCUT2D eigenvalue weighted by molar-refractivity contribution is 5.98. The molecule has 2 rings (SSSR count). The normalized spacial score (nSPS) is 17.1. The number of hydrogen-bond donors (Lipinski definition) is 1. The number of fused-ring (bicyclic) bond motifs is 1. The van der Waals surface area contributed by atoms with E-state index in [1.54, 1.807) is 32.0 Å². The Bertz CT molecular complexity index is 426. The Labute approximate surface area is 94.6 Å². The topological polar surface area (TPSA) is 47.6 Å². The third kappa shape index (κ3) is 1.96. The van der Waals surface area contributed by atoms with Crippen LogP contribution in [-0.4, -0.2) is 18.2 Å². The van der Waals surface area contributed by atoms with Crippen molar-refractivity contribution in [1.29, 1.82) is 0 Å². The fourth-order valence-electron chi connectivity index (χ4n) is 1.67. The van der Waals surface area contributed by atoms with Crippen LogP contribution in [0.5, 0.6) is 11.5 Å². The molecule has 1 aromatic rings. The Morgan fingerprint density at radius 1 is 1.44 bits per heavy atom. The van der Waals surface area contributed by atoms with Gasteiger partial charge in [-0.05, 0) is 32.9 Å². The average molecular weight is 221 g/mol. The summed E-state index contributed by atoms with van der Waals surface area (Å²) in [6.07, 6.45) is 0. The largest absolute Gasteiger partial charge is 0.494 e. The predicted octanol–water partition coefficient (Wildman–Crippen LogP) is 1.94. The molecule has 4 heteroatoms. The first kappa shape index (κ1) is 10.8. The minimum Gasteiger partial charge on any atom is -0.494 e. The van der Waals surface area contributed by atoms with Crippen LogP contribution in [0.2, 0.25) is 0 Å². The van der Waals surface area contributed by atoms with E-state index in [9.17, 15) is 4.79 Å². The molecular weight excluding hydrogens is 206 g/mol. The average Bonchev–Trinajstić information content (AvgIpc) is 2.15. The van der Waals surface area contributed by atoms with Crippen molar-refractivity contribution in [2.24, 2.45) is 0 Å². The number of carbonyl (C=O) groups excluding carboxylic acids is 1. The van der Waals surface area contributed by atoms with Crippen LogP contribution in [0.3, 0.4) is 0 Å². The summed E-state index contributed by atoms with van der Waals surface area (Å²) in [6, 6.07) is 5.23. The van der Waals surface area contributed by atoms with Crippen LogP contribution in [0.15, 0.2) is 18.2 Å². The van der Waals surface area contributed by atoms with E-state index in [0.29, 0.717) is 23.7 Å². The van der Waals surface area contributed by atoms with Crippen molar-refractivity contribution in [3.8, 4) is 11.5 Å². The van der Waals surface area contributed by atoms with Crippen LogP contribution in [0.1, 0.15) is 31.1 Å². The first-order chi connectivity index (χ1) is 7.52. The van der Waals surface area contributed by atoms with Crippen molar-refractivity contribution < 1.29 is 14.3 Å². The third-order valence-corrected chi connectivity index (χ3v) is 2.29. The lowest BCUT2D eigenvalue weighted by Gasteiger charge is -2.33. The van der Waals surface area contributed by atoms with Crippen molar-refractivity contribution in [2.75, 3.05) is 6.61 Å². The van der Waals surface area contributed by atoms with Gasteiger partial charge in [0.2, 0.25) is 0 Å². The Hall–Kier alpha value is -1.71. The van der Waals surface area contributed by atoms with Gasteiger partial charge in [-0.2, -0.15) is 0 Å². The fraction of sp³-hybridized carbons (Fsp3) is 0.417. The van der Waals surface area contributed by atoms with E-state index in [-0.39, 0.29) is 5.91 Å².